The minimum atomic E-state index is -1.44. The van der Waals surface area contributed by atoms with Gasteiger partial charge in [-0.25, -0.2) is 4.98 Å². The number of aromatic nitrogens is 2. The lowest BCUT2D eigenvalue weighted by molar-refractivity contribution is 0.426. The van der Waals surface area contributed by atoms with Crippen LogP contribution in [0.1, 0.15) is 0 Å². The fourth-order valence-electron chi connectivity index (χ4n) is 1.13. The molecule has 0 aliphatic carbocycles. The molecule has 0 unspecified atom stereocenters. The highest BCUT2D eigenvalue weighted by Crippen LogP contribution is 2.08. The summed E-state index contributed by atoms with van der Waals surface area (Å²) in [6.07, 6.45) is 3.52. The van der Waals surface area contributed by atoms with Gasteiger partial charge in [0.05, 0.1) is 0 Å². The van der Waals surface area contributed by atoms with Crippen molar-refractivity contribution in [3.8, 4) is 0 Å². The Balaban J connectivity index is 2.61. The van der Waals surface area contributed by atoms with Crippen molar-refractivity contribution in [2.45, 2.75) is 0 Å². The van der Waals surface area contributed by atoms with Crippen molar-refractivity contribution in [3.05, 3.63) is 29.1 Å². The summed E-state index contributed by atoms with van der Waals surface area (Å²) < 4.78 is 2.51. The van der Waals surface area contributed by atoms with Gasteiger partial charge in [-0.2, -0.15) is 0 Å². The molecule has 2 rings (SSSR count). The van der Waals surface area contributed by atoms with Crippen LogP contribution in [0.5, 0.6) is 0 Å². The SMILES string of the molecule is OB(O)c1ccn2cc(Br)nc2c1. The highest BCUT2D eigenvalue weighted by atomic mass is 79.9. The molecule has 0 amide bonds. The van der Waals surface area contributed by atoms with Crippen molar-refractivity contribution >= 4 is 34.2 Å². The summed E-state index contributed by atoms with van der Waals surface area (Å²) in [4.78, 5) is 4.11. The van der Waals surface area contributed by atoms with E-state index in [0.29, 0.717) is 11.1 Å². The lowest BCUT2D eigenvalue weighted by Crippen LogP contribution is -2.29. The Hall–Kier alpha value is -0.845. The monoisotopic (exact) mass is 240 g/mol. The topological polar surface area (TPSA) is 57.8 Å². The second kappa shape index (κ2) is 3.14. The van der Waals surface area contributed by atoms with E-state index in [1.54, 1.807) is 28.9 Å². The summed E-state index contributed by atoms with van der Waals surface area (Å²) in [6, 6.07) is 3.25. The summed E-state index contributed by atoms with van der Waals surface area (Å²) in [7, 11) is -1.44. The molecule has 66 valence electrons. The zero-order chi connectivity index (χ0) is 9.42. The highest BCUT2D eigenvalue weighted by molar-refractivity contribution is 9.10. The maximum atomic E-state index is 8.90. The molecule has 0 aliphatic heterocycles. The molecule has 2 heterocycles. The number of nitrogens with zero attached hydrogens (tertiary/aromatic N) is 2. The van der Waals surface area contributed by atoms with E-state index in [1.165, 1.54) is 0 Å². The molecular formula is C7H6BBrN2O2. The Morgan fingerprint density at radius 1 is 1.46 bits per heavy atom. The van der Waals surface area contributed by atoms with Gasteiger partial charge in [0.25, 0.3) is 0 Å². The molecule has 2 aromatic heterocycles. The van der Waals surface area contributed by atoms with Crippen LogP contribution in [-0.4, -0.2) is 26.6 Å². The van der Waals surface area contributed by atoms with E-state index in [1.807, 2.05) is 0 Å². The van der Waals surface area contributed by atoms with Gasteiger partial charge in [0.2, 0.25) is 0 Å². The van der Waals surface area contributed by atoms with Crippen LogP contribution in [0.25, 0.3) is 5.65 Å². The van der Waals surface area contributed by atoms with Crippen molar-refractivity contribution in [2.75, 3.05) is 0 Å². The Morgan fingerprint density at radius 2 is 2.23 bits per heavy atom. The number of imidazole rings is 1. The first kappa shape index (κ1) is 8.74. The Labute approximate surface area is 83.1 Å². The second-order valence-corrected chi connectivity index (χ2v) is 3.48. The van der Waals surface area contributed by atoms with E-state index in [9.17, 15) is 0 Å². The number of pyridine rings is 1. The van der Waals surface area contributed by atoms with Gasteiger partial charge in [-0.15, -0.1) is 0 Å². The number of fused-ring (bicyclic) bond motifs is 1. The zero-order valence-corrected chi connectivity index (χ0v) is 8.14. The van der Waals surface area contributed by atoms with Gasteiger partial charge in [0.15, 0.2) is 0 Å². The van der Waals surface area contributed by atoms with Crippen LogP contribution < -0.4 is 5.46 Å². The smallest absolute Gasteiger partial charge is 0.423 e. The number of hydrogen-bond acceptors (Lipinski definition) is 3. The molecule has 0 bridgehead atoms. The average molecular weight is 241 g/mol. The van der Waals surface area contributed by atoms with E-state index in [4.69, 9.17) is 10.0 Å². The molecule has 0 atom stereocenters. The van der Waals surface area contributed by atoms with Crippen molar-refractivity contribution in [3.63, 3.8) is 0 Å². The van der Waals surface area contributed by atoms with Crippen molar-refractivity contribution < 1.29 is 10.0 Å². The van der Waals surface area contributed by atoms with Gasteiger partial charge < -0.3 is 14.4 Å². The van der Waals surface area contributed by atoms with Gasteiger partial charge in [-0.05, 0) is 33.5 Å². The fourth-order valence-corrected chi connectivity index (χ4v) is 1.53. The quantitative estimate of drug-likeness (QED) is 0.678. The first-order chi connectivity index (χ1) is 6.16. The summed E-state index contributed by atoms with van der Waals surface area (Å²) in [5.41, 5.74) is 1.11. The maximum absolute atomic E-state index is 8.90. The maximum Gasteiger partial charge on any atom is 0.488 e. The van der Waals surface area contributed by atoms with Crippen molar-refractivity contribution in [2.24, 2.45) is 0 Å². The molecule has 2 N–H and O–H groups in total. The van der Waals surface area contributed by atoms with E-state index >= 15 is 0 Å². The third kappa shape index (κ3) is 1.60. The van der Waals surface area contributed by atoms with E-state index in [-0.39, 0.29) is 0 Å². The van der Waals surface area contributed by atoms with Crippen LogP contribution in [0.2, 0.25) is 0 Å². The molecule has 0 radical (unpaired) electrons. The zero-order valence-electron chi connectivity index (χ0n) is 6.55. The van der Waals surface area contributed by atoms with Gasteiger partial charge in [-0.1, -0.05) is 0 Å². The fraction of sp³-hybridized carbons (Fsp3) is 0. The van der Waals surface area contributed by atoms with Gasteiger partial charge >= 0.3 is 7.12 Å². The molecule has 4 nitrogen and oxygen atoms in total. The second-order valence-electron chi connectivity index (χ2n) is 2.66. The van der Waals surface area contributed by atoms with Crippen LogP contribution in [0.4, 0.5) is 0 Å². The predicted molar refractivity (Wildman–Crippen MR) is 52.7 cm³/mol. The first-order valence-corrected chi connectivity index (χ1v) is 4.46. The molecule has 0 aliphatic rings. The molecule has 0 spiro atoms. The Morgan fingerprint density at radius 3 is 2.92 bits per heavy atom. The average Bonchev–Trinajstić information content (AvgIpc) is 2.42. The lowest BCUT2D eigenvalue weighted by atomic mass is 9.81. The molecule has 2 aromatic rings. The van der Waals surface area contributed by atoms with Crippen molar-refractivity contribution in [1.82, 2.24) is 9.38 Å². The van der Waals surface area contributed by atoms with Gasteiger partial charge in [0, 0.05) is 12.4 Å². The third-order valence-corrected chi connectivity index (χ3v) is 2.14. The number of halogens is 1. The van der Waals surface area contributed by atoms with E-state index < -0.39 is 7.12 Å². The lowest BCUT2D eigenvalue weighted by Gasteiger charge is -1.98. The van der Waals surface area contributed by atoms with Crippen LogP contribution in [-0.2, 0) is 0 Å². The van der Waals surface area contributed by atoms with Crippen molar-refractivity contribution in [1.29, 1.82) is 0 Å². The van der Waals surface area contributed by atoms with E-state index in [2.05, 4.69) is 20.9 Å². The largest absolute Gasteiger partial charge is 0.488 e. The third-order valence-electron chi connectivity index (χ3n) is 1.75. The normalized spacial score (nSPS) is 10.7. The highest BCUT2D eigenvalue weighted by Gasteiger charge is 2.11. The number of hydrogen-bond donors (Lipinski definition) is 2. The standard InChI is InChI=1S/C7H6BBrN2O2/c9-6-4-11-2-1-5(8(12)13)3-7(11)10-6/h1-4,12-13H. The molecule has 6 heteroatoms. The molecule has 0 fully saturated rings. The van der Waals surface area contributed by atoms with Gasteiger partial charge in [-0.3, -0.25) is 0 Å². The summed E-state index contributed by atoms with van der Waals surface area (Å²) in [6.45, 7) is 0. The molecule has 0 aromatic carbocycles. The Bertz CT molecular complexity index is 443. The molecule has 0 saturated heterocycles. The predicted octanol–water partition coefficient (Wildman–Crippen LogP) is -0.223. The Kier molecular flexibility index (Phi) is 2.11. The van der Waals surface area contributed by atoms with Crippen LogP contribution in [0.15, 0.2) is 29.1 Å². The summed E-state index contributed by atoms with van der Waals surface area (Å²) >= 11 is 3.23. The van der Waals surface area contributed by atoms with Gasteiger partial charge in [0.1, 0.15) is 10.3 Å². The number of rotatable bonds is 1. The van der Waals surface area contributed by atoms with Crippen LogP contribution in [0.3, 0.4) is 0 Å². The first-order valence-electron chi connectivity index (χ1n) is 3.67. The minimum Gasteiger partial charge on any atom is -0.423 e. The molecule has 13 heavy (non-hydrogen) atoms. The van der Waals surface area contributed by atoms with Crippen LogP contribution in [0, 0.1) is 0 Å². The minimum absolute atomic E-state index is 0.436. The summed E-state index contributed by atoms with van der Waals surface area (Å²) in [5, 5.41) is 17.8. The van der Waals surface area contributed by atoms with Crippen LogP contribution >= 0.6 is 15.9 Å². The molecular weight excluding hydrogens is 235 g/mol. The molecule has 0 saturated carbocycles. The van der Waals surface area contributed by atoms with E-state index in [0.717, 1.165) is 4.60 Å². The summed E-state index contributed by atoms with van der Waals surface area (Å²) in [5.74, 6) is 0.